The van der Waals surface area contributed by atoms with Crippen LogP contribution in [0, 0.1) is 5.92 Å². The SMILES string of the molecule is COc1ccc2c(C[NH+]3CCc4sccc4[C@@H]3C3CC3)cc(=O)oc2c1. The van der Waals surface area contributed by atoms with Crippen molar-refractivity contribution in [3.05, 3.63) is 62.1 Å². The first-order chi connectivity index (χ1) is 12.7. The van der Waals surface area contributed by atoms with E-state index in [0.29, 0.717) is 17.4 Å². The molecule has 134 valence electrons. The monoisotopic (exact) mass is 368 g/mol. The second-order valence-electron chi connectivity index (χ2n) is 7.40. The molecule has 1 unspecified atom stereocenters. The third-order valence-electron chi connectivity index (χ3n) is 5.78. The molecule has 4 nitrogen and oxygen atoms in total. The number of thiophene rings is 1. The molecule has 0 amide bonds. The van der Waals surface area contributed by atoms with Crippen LogP contribution >= 0.6 is 11.3 Å². The van der Waals surface area contributed by atoms with Crippen molar-refractivity contribution in [1.29, 1.82) is 0 Å². The van der Waals surface area contributed by atoms with Gasteiger partial charge in [-0.1, -0.05) is 0 Å². The molecule has 0 radical (unpaired) electrons. The molecule has 1 aromatic carbocycles. The van der Waals surface area contributed by atoms with Gasteiger partial charge in [-0.15, -0.1) is 11.3 Å². The van der Waals surface area contributed by atoms with E-state index in [9.17, 15) is 4.79 Å². The topological polar surface area (TPSA) is 43.9 Å². The number of nitrogens with one attached hydrogen (secondary N) is 1. The minimum atomic E-state index is -0.281. The highest BCUT2D eigenvalue weighted by atomic mass is 32.1. The number of rotatable bonds is 4. The summed E-state index contributed by atoms with van der Waals surface area (Å²) < 4.78 is 10.7. The van der Waals surface area contributed by atoms with Crippen LogP contribution in [0.3, 0.4) is 0 Å². The van der Waals surface area contributed by atoms with Crippen LogP contribution in [-0.2, 0) is 13.0 Å². The van der Waals surface area contributed by atoms with Crippen LogP contribution < -0.4 is 15.3 Å². The van der Waals surface area contributed by atoms with Gasteiger partial charge in [-0.3, -0.25) is 0 Å². The Bertz CT molecular complexity index is 1020. The van der Waals surface area contributed by atoms with Gasteiger partial charge in [-0.2, -0.15) is 0 Å². The smallest absolute Gasteiger partial charge is 0.336 e. The fraction of sp³-hybridized carbons (Fsp3) is 0.381. The Labute approximate surface area is 156 Å². The van der Waals surface area contributed by atoms with Gasteiger partial charge in [0.25, 0.3) is 0 Å². The third-order valence-corrected chi connectivity index (χ3v) is 6.77. The van der Waals surface area contributed by atoms with Crippen molar-refractivity contribution in [2.24, 2.45) is 5.92 Å². The Morgan fingerprint density at radius 3 is 2.96 bits per heavy atom. The lowest BCUT2D eigenvalue weighted by Gasteiger charge is -2.33. The van der Waals surface area contributed by atoms with Crippen LogP contribution in [0.4, 0.5) is 0 Å². The summed E-state index contributed by atoms with van der Waals surface area (Å²) in [6, 6.07) is 10.3. The Morgan fingerprint density at radius 2 is 2.15 bits per heavy atom. The van der Waals surface area contributed by atoms with Crippen molar-refractivity contribution in [1.82, 2.24) is 0 Å². The highest BCUT2D eigenvalue weighted by Gasteiger charge is 2.43. The quantitative estimate of drug-likeness (QED) is 0.720. The molecule has 1 saturated carbocycles. The van der Waals surface area contributed by atoms with Crippen molar-refractivity contribution in [2.45, 2.75) is 31.8 Å². The van der Waals surface area contributed by atoms with Gasteiger partial charge >= 0.3 is 5.63 Å². The molecule has 26 heavy (non-hydrogen) atoms. The predicted octanol–water partition coefficient (Wildman–Crippen LogP) is 2.96. The maximum absolute atomic E-state index is 12.1. The van der Waals surface area contributed by atoms with E-state index in [4.69, 9.17) is 9.15 Å². The maximum Gasteiger partial charge on any atom is 0.336 e. The molecule has 2 aliphatic rings. The zero-order valence-electron chi connectivity index (χ0n) is 14.8. The van der Waals surface area contributed by atoms with Crippen LogP contribution in [0.1, 0.15) is 34.9 Å². The molecule has 1 fully saturated rings. The largest absolute Gasteiger partial charge is 0.497 e. The summed E-state index contributed by atoms with van der Waals surface area (Å²) in [6.07, 6.45) is 3.80. The number of ether oxygens (including phenoxy) is 1. The van der Waals surface area contributed by atoms with Crippen LogP contribution in [0.25, 0.3) is 11.0 Å². The molecule has 2 atom stereocenters. The van der Waals surface area contributed by atoms with Crippen molar-refractivity contribution >= 4 is 22.3 Å². The first kappa shape index (κ1) is 16.1. The summed E-state index contributed by atoms with van der Waals surface area (Å²) in [5, 5.41) is 3.26. The highest BCUT2D eigenvalue weighted by molar-refractivity contribution is 7.10. The molecule has 1 N–H and O–H groups in total. The average molecular weight is 368 g/mol. The molecular weight excluding hydrogens is 346 g/mol. The van der Waals surface area contributed by atoms with Crippen LogP contribution in [0.5, 0.6) is 5.75 Å². The fourth-order valence-electron chi connectivity index (χ4n) is 4.42. The van der Waals surface area contributed by atoms with Crippen molar-refractivity contribution in [2.75, 3.05) is 13.7 Å². The van der Waals surface area contributed by atoms with E-state index in [1.165, 1.54) is 12.8 Å². The fourth-order valence-corrected chi connectivity index (χ4v) is 5.35. The van der Waals surface area contributed by atoms with E-state index in [1.807, 2.05) is 23.5 Å². The lowest BCUT2D eigenvalue weighted by atomic mass is 9.95. The second-order valence-corrected chi connectivity index (χ2v) is 8.40. The van der Waals surface area contributed by atoms with Crippen LogP contribution in [-0.4, -0.2) is 13.7 Å². The molecule has 0 saturated heterocycles. The standard InChI is InChI=1S/C21H21NO3S/c1-24-15-4-5-16-14(10-20(23)25-18(16)11-15)12-22-8-6-19-17(7-9-26-19)21(22)13-2-3-13/h4-5,7,9-11,13,21H,2-3,6,8,12H2,1H3/p+1/t21-/m0/s1. The number of quaternary nitrogens is 1. The Hall–Kier alpha value is -2.11. The summed E-state index contributed by atoms with van der Waals surface area (Å²) in [4.78, 5) is 15.3. The molecule has 5 rings (SSSR count). The minimum Gasteiger partial charge on any atom is -0.497 e. The van der Waals surface area contributed by atoms with E-state index in [-0.39, 0.29) is 5.63 Å². The van der Waals surface area contributed by atoms with Crippen LogP contribution in [0.15, 0.2) is 44.9 Å². The summed E-state index contributed by atoms with van der Waals surface area (Å²) in [7, 11) is 1.62. The summed E-state index contributed by atoms with van der Waals surface area (Å²) in [5.41, 5.74) is 2.96. The van der Waals surface area contributed by atoms with Crippen LogP contribution in [0.2, 0.25) is 0 Å². The van der Waals surface area contributed by atoms with E-state index < -0.39 is 0 Å². The van der Waals surface area contributed by atoms with E-state index >= 15 is 0 Å². The van der Waals surface area contributed by atoms with Gasteiger partial charge in [-0.05, 0) is 36.4 Å². The van der Waals surface area contributed by atoms with E-state index in [0.717, 1.165) is 36.4 Å². The number of methoxy groups -OCH3 is 1. The third kappa shape index (κ3) is 2.75. The average Bonchev–Trinajstić information content (AvgIpc) is 3.36. The summed E-state index contributed by atoms with van der Waals surface area (Å²) in [5.74, 6) is 1.51. The van der Waals surface area contributed by atoms with Gasteiger partial charge in [0, 0.05) is 45.9 Å². The van der Waals surface area contributed by atoms with Gasteiger partial charge in [-0.25, -0.2) is 4.79 Å². The summed E-state index contributed by atoms with van der Waals surface area (Å²) in [6.45, 7) is 2.00. The molecule has 1 aliphatic carbocycles. The maximum atomic E-state index is 12.1. The number of hydrogen-bond acceptors (Lipinski definition) is 4. The van der Waals surface area contributed by atoms with Gasteiger partial charge in [0.1, 0.15) is 23.9 Å². The van der Waals surface area contributed by atoms with Crippen molar-refractivity contribution in [3.63, 3.8) is 0 Å². The second kappa shape index (κ2) is 6.25. The van der Waals surface area contributed by atoms with Crippen molar-refractivity contribution < 1.29 is 14.1 Å². The normalized spacial score (nSPS) is 22.3. The lowest BCUT2D eigenvalue weighted by molar-refractivity contribution is -0.949. The summed E-state index contributed by atoms with van der Waals surface area (Å²) >= 11 is 1.90. The van der Waals surface area contributed by atoms with Gasteiger partial charge in [0.2, 0.25) is 0 Å². The first-order valence-corrected chi connectivity index (χ1v) is 10.1. The molecule has 5 heteroatoms. The zero-order chi connectivity index (χ0) is 17.7. The molecule has 1 aliphatic heterocycles. The Morgan fingerprint density at radius 1 is 1.27 bits per heavy atom. The first-order valence-electron chi connectivity index (χ1n) is 9.24. The predicted molar refractivity (Wildman–Crippen MR) is 102 cm³/mol. The molecule has 0 bridgehead atoms. The minimum absolute atomic E-state index is 0.281. The molecular formula is C21H22NO3S+. The molecule has 3 heterocycles. The van der Waals surface area contributed by atoms with Gasteiger partial charge in [0.05, 0.1) is 13.7 Å². The van der Waals surface area contributed by atoms with Crippen molar-refractivity contribution in [3.8, 4) is 5.75 Å². The molecule has 3 aromatic rings. The lowest BCUT2D eigenvalue weighted by Crippen LogP contribution is -3.12. The molecule has 0 spiro atoms. The van der Waals surface area contributed by atoms with E-state index in [2.05, 4.69) is 11.4 Å². The molecule has 2 aromatic heterocycles. The van der Waals surface area contributed by atoms with Gasteiger partial charge in [0.15, 0.2) is 0 Å². The number of fused-ring (bicyclic) bond motifs is 2. The Kier molecular flexibility index (Phi) is 3.87. The number of hydrogen-bond donors (Lipinski definition) is 1. The highest BCUT2D eigenvalue weighted by Crippen LogP contribution is 2.42. The van der Waals surface area contributed by atoms with Gasteiger partial charge < -0.3 is 14.1 Å². The Balaban J connectivity index is 1.54. The van der Waals surface area contributed by atoms with E-state index in [1.54, 1.807) is 34.6 Å². The number of benzene rings is 1. The zero-order valence-corrected chi connectivity index (χ0v) is 15.6.